The summed E-state index contributed by atoms with van der Waals surface area (Å²) in [5.74, 6) is -0.650. The van der Waals surface area contributed by atoms with Gasteiger partial charge < -0.3 is 5.73 Å². The number of nitrogens with one attached hydrogen (secondary N) is 1. The average Bonchev–Trinajstić information content (AvgIpc) is 2.48. The number of aryl methyl sites for hydroxylation is 1. The van der Waals surface area contributed by atoms with Crippen LogP contribution in [0.15, 0.2) is 47.5 Å². The number of carbonyl (C=O) groups excluding carboxylic acids is 1. The molecule has 1 aromatic carbocycles. The molecule has 6 nitrogen and oxygen atoms in total. The van der Waals surface area contributed by atoms with E-state index in [-0.39, 0.29) is 17.0 Å². The summed E-state index contributed by atoms with van der Waals surface area (Å²) in [6.45, 7) is 1.92. The van der Waals surface area contributed by atoms with E-state index >= 15 is 0 Å². The van der Waals surface area contributed by atoms with Crippen molar-refractivity contribution in [3.05, 3.63) is 59.4 Å². The van der Waals surface area contributed by atoms with Gasteiger partial charge in [0.05, 0.1) is 4.90 Å². The molecule has 0 bridgehead atoms. The Bertz CT molecular complexity index is 774. The van der Waals surface area contributed by atoms with E-state index in [9.17, 15) is 13.2 Å². The second-order valence-corrected chi connectivity index (χ2v) is 6.58. The fraction of sp³-hybridized carbons (Fsp3) is 0.200. The molecule has 0 saturated carbocycles. The Hall–Kier alpha value is -2.25. The highest BCUT2D eigenvalue weighted by atomic mass is 32.2. The molecule has 0 spiro atoms. The highest BCUT2D eigenvalue weighted by molar-refractivity contribution is 7.89. The number of benzene rings is 1. The van der Waals surface area contributed by atoms with E-state index in [1.165, 1.54) is 12.1 Å². The number of primary amides is 1. The Morgan fingerprint density at radius 2 is 2.05 bits per heavy atom. The molecule has 1 aromatic heterocycles. The average molecular weight is 319 g/mol. The van der Waals surface area contributed by atoms with Crippen molar-refractivity contribution in [1.29, 1.82) is 0 Å². The van der Waals surface area contributed by atoms with Crippen LogP contribution in [0.1, 0.15) is 21.6 Å². The van der Waals surface area contributed by atoms with E-state index in [1.54, 1.807) is 25.3 Å². The number of amides is 1. The summed E-state index contributed by atoms with van der Waals surface area (Å²) in [6.07, 6.45) is 2.14. The summed E-state index contributed by atoms with van der Waals surface area (Å²) in [4.78, 5) is 15.4. The standard InChI is InChI=1S/C15H17N3O3S/c1-11-5-6-13(10-14(11)15(16)19)22(20,21)18-9-7-12-4-2-3-8-17-12/h2-6,8,10,18H,7,9H2,1H3,(H2,16,19). The van der Waals surface area contributed by atoms with Crippen LogP contribution in [-0.2, 0) is 16.4 Å². The van der Waals surface area contributed by atoms with Gasteiger partial charge in [-0.3, -0.25) is 9.78 Å². The van der Waals surface area contributed by atoms with Gasteiger partial charge in [0.15, 0.2) is 0 Å². The van der Waals surface area contributed by atoms with E-state index in [4.69, 9.17) is 5.73 Å². The van der Waals surface area contributed by atoms with Crippen LogP contribution in [0.2, 0.25) is 0 Å². The molecule has 0 saturated heterocycles. The zero-order chi connectivity index (χ0) is 16.2. The SMILES string of the molecule is Cc1ccc(S(=O)(=O)NCCc2ccccn2)cc1C(N)=O. The number of nitrogens with two attached hydrogens (primary N) is 1. The molecule has 3 N–H and O–H groups in total. The molecule has 116 valence electrons. The van der Waals surface area contributed by atoms with E-state index < -0.39 is 15.9 Å². The summed E-state index contributed by atoms with van der Waals surface area (Å²) in [5.41, 5.74) is 6.88. The molecule has 7 heteroatoms. The van der Waals surface area contributed by atoms with Crippen molar-refractivity contribution in [2.24, 2.45) is 5.73 Å². The molecule has 0 fully saturated rings. The van der Waals surface area contributed by atoms with Gasteiger partial charge in [-0.05, 0) is 36.8 Å². The third-order valence-electron chi connectivity index (χ3n) is 3.18. The highest BCUT2D eigenvalue weighted by Gasteiger charge is 2.16. The summed E-state index contributed by atoms with van der Waals surface area (Å²) in [5, 5.41) is 0. The Morgan fingerprint density at radius 1 is 1.27 bits per heavy atom. The molecule has 0 aliphatic heterocycles. The molecule has 0 aliphatic rings. The minimum atomic E-state index is -3.69. The minimum absolute atomic E-state index is 0.0212. The van der Waals surface area contributed by atoms with Crippen molar-refractivity contribution in [3.8, 4) is 0 Å². The van der Waals surface area contributed by atoms with Crippen molar-refractivity contribution in [3.63, 3.8) is 0 Å². The Morgan fingerprint density at radius 3 is 2.68 bits per heavy atom. The molecule has 2 rings (SSSR count). The Labute approximate surface area is 129 Å². The van der Waals surface area contributed by atoms with Crippen molar-refractivity contribution < 1.29 is 13.2 Å². The van der Waals surface area contributed by atoms with Gasteiger partial charge in [-0.15, -0.1) is 0 Å². The lowest BCUT2D eigenvalue weighted by Gasteiger charge is -2.09. The minimum Gasteiger partial charge on any atom is -0.366 e. The van der Waals surface area contributed by atoms with E-state index in [0.717, 1.165) is 5.69 Å². The summed E-state index contributed by atoms with van der Waals surface area (Å²) < 4.78 is 26.9. The smallest absolute Gasteiger partial charge is 0.249 e. The van der Waals surface area contributed by atoms with Crippen LogP contribution in [0.25, 0.3) is 0 Å². The fourth-order valence-electron chi connectivity index (χ4n) is 1.98. The first-order valence-corrected chi connectivity index (χ1v) is 8.18. The number of rotatable bonds is 6. The number of aromatic nitrogens is 1. The van der Waals surface area contributed by atoms with Crippen LogP contribution in [0, 0.1) is 6.92 Å². The maximum Gasteiger partial charge on any atom is 0.249 e. The van der Waals surface area contributed by atoms with Gasteiger partial charge in [0.1, 0.15) is 0 Å². The van der Waals surface area contributed by atoms with Gasteiger partial charge in [-0.1, -0.05) is 12.1 Å². The molecule has 0 aliphatic carbocycles. The van der Waals surface area contributed by atoms with Gasteiger partial charge in [0, 0.05) is 30.4 Å². The maximum atomic E-state index is 12.2. The number of hydrogen-bond acceptors (Lipinski definition) is 4. The first-order chi connectivity index (χ1) is 10.4. The molecule has 1 amide bonds. The van der Waals surface area contributed by atoms with Crippen molar-refractivity contribution in [2.45, 2.75) is 18.2 Å². The third kappa shape index (κ3) is 3.90. The van der Waals surface area contributed by atoms with Gasteiger partial charge in [-0.25, -0.2) is 13.1 Å². The maximum absolute atomic E-state index is 12.2. The number of sulfonamides is 1. The van der Waals surface area contributed by atoms with E-state index in [1.807, 2.05) is 12.1 Å². The first kappa shape index (κ1) is 16.1. The fourth-order valence-corrected chi connectivity index (χ4v) is 3.03. The van der Waals surface area contributed by atoms with E-state index in [0.29, 0.717) is 12.0 Å². The van der Waals surface area contributed by atoms with Crippen LogP contribution in [0.3, 0.4) is 0 Å². The monoisotopic (exact) mass is 319 g/mol. The second kappa shape index (κ2) is 6.67. The molecule has 1 heterocycles. The van der Waals surface area contributed by atoms with Crippen LogP contribution in [0.5, 0.6) is 0 Å². The number of hydrogen-bond donors (Lipinski definition) is 2. The summed E-state index contributed by atoms with van der Waals surface area (Å²) in [6, 6.07) is 9.77. The lowest BCUT2D eigenvalue weighted by Crippen LogP contribution is -2.26. The molecule has 0 atom stereocenters. The largest absolute Gasteiger partial charge is 0.366 e. The lowest BCUT2D eigenvalue weighted by molar-refractivity contribution is 0.0999. The predicted molar refractivity (Wildman–Crippen MR) is 82.8 cm³/mol. The Kier molecular flexibility index (Phi) is 4.89. The topological polar surface area (TPSA) is 102 Å². The summed E-state index contributed by atoms with van der Waals surface area (Å²) in [7, 11) is -3.69. The van der Waals surface area contributed by atoms with Crippen molar-refractivity contribution >= 4 is 15.9 Å². The predicted octanol–water partition coefficient (Wildman–Crippen LogP) is 1.01. The van der Waals surface area contributed by atoms with Gasteiger partial charge in [0.25, 0.3) is 0 Å². The van der Waals surface area contributed by atoms with Gasteiger partial charge in [-0.2, -0.15) is 0 Å². The van der Waals surface area contributed by atoms with Gasteiger partial charge in [0.2, 0.25) is 15.9 Å². The molecular formula is C15H17N3O3S. The molecule has 0 unspecified atom stereocenters. The molecule has 0 radical (unpaired) electrons. The molecular weight excluding hydrogens is 302 g/mol. The zero-order valence-corrected chi connectivity index (χ0v) is 12.9. The molecule has 22 heavy (non-hydrogen) atoms. The van der Waals surface area contributed by atoms with E-state index in [2.05, 4.69) is 9.71 Å². The van der Waals surface area contributed by atoms with Crippen LogP contribution in [-0.4, -0.2) is 25.9 Å². The zero-order valence-electron chi connectivity index (χ0n) is 12.1. The quantitative estimate of drug-likeness (QED) is 0.829. The lowest BCUT2D eigenvalue weighted by atomic mass is 10.1. The normalized spacial score (nSPS) is 11.3. The first-order valence-electron chi connectivity index (χ1n) is 6.70. The van der Waals surface area contributed by atoms with Crippen LogP contribution in [0.4, 0.5) is 0 Å². The number of pyridine rings is 1. The Balaban J connectivity index is 2.10. The van der Waals surface area contributed by atoms with Crippen molar-refractivity contribution in [2.75, 3.05) is 6.54 Å². The third-order valence-corrected chi connectivity index (χ3v) is 4.64. The van der Waals surface area contributed by atoms with Crippen LogP contribution < -0.4 is 10.5 Å². The highest BCUT2D eigenvalue weighted by Crippen LogP contribution is 2.15. The second-order valence-electron chi connectivity index (χ2n) is 4.81. The number of nitrogens with zero attached hydrogens (tertiary/aromatic N) is 1. The number of carbonyl (C=O) groups is 1. The van der Waals surface area contributed by atoms with Gasteiger partial charge >= 0.3 is 0 Å². The molecule has 2 aromatic rings. The van der Waals surface area contributed by atoms with Crippen LogP contribution >= 0.6 is 0 Å². The summed E-state index contributed by atoms with van der Waals surface area (Å²) >= 11 is 0. The van der Waals surface area contributed by atoms with Crippen molar-refractivity contribution in [1.82, 2.24) is 9.71 Å².